The Labute approximate surface area is 203 Å². The van der Waals surface area contributed by atoms with Gasteiger partial charge >= 0.3 is 0 Å². The largest absolute Gasteiger partial charge is 0.497 e. The minimum Gasteiger partial charge on any atom is -0.497 e. The maximum Gasteiger partial charge on any atom is 0.119 e. The number of nitrogens with zero attached hydrogens (tertiary/aromatic N) is 2. The zero-order chi connectivity index (χ0) is 23.1. The van der Waals surface area contributed by atoms with Gasteiger partial charge in [-0.15, -0.1) is 0 Å². The van der Waals surface area contributed by atoms with E-state index >= 15 is 0 Å². The molecule has 34 heavy (non-hydrogen) atoms. The summed E-state index contributed by atoms with van der Waals surface area (Å²) in [7, 11) is 4.04. The molecule has 1 saturated heterocycles. The maximum absolute atomic E-state index is 5.66. The first-order chi connectivity index (χ1) is 16.7. The third-order valence-electron chi connectivity index (χ3n) is 8.62. The van der Waals surface area contributed by atoms with Crippen molar-refractivity contribution in [3.8, 4) is 5.75 Å². The maximum atomic E-state index is 5.66. The molecule has 0 spiro atoms. The number of aromatic nitrogens is 1. The van der Waals surface area contributed by atoms with Crippen molar-refractivity contribution in [3.63, 3.8) is 0 Å². The summed E-state index contributed by atoms with van der Waals surface area (Å²) < 4.78 is 8.12. The fraction of sp³-hybridized carbons (Fsp3) is 0.355. The van der Waals surface area contributed by atoms with E-state index in [1.807, 2.05) is 0 Å². The van der Waals surface area contributed by atoms with Gasteiger partial charge in [0.2, 0.25) is 0 Å². The fourth-order valence-corrected chi connectivity index (χ4v) is 6.70. The van der Waals surface area contributed by atoms with Gasteiger partial charge in [0.15, 0.2) is 0 Å². The molecule has 0 radical (unpaired) electrons. The molecule has 3 nitrogen and oxygen atoms in total. The lowest BCUT2D eigenvalue weighted by Crippen LogP contribution is -2.54. The Bertz CT molecular complexity index is 1310. The third-order valence-corrected chi connectivity index (χ3v) is 8.62. The van der Waals surface area contributed by atoms with E-state index in [1.165, 1.54) is 34.1 Å². The SMILES string of the molecule is COc1cccc(C23CCN(CCc4ccccc4)CC2Cc2c(n(C)c4ccccc24)C3)c1. The van der Waals surface area contributed by atoms with E-state index in [2.05, 4.69) is 95.4 Å². The minimum absolute atomic E-state index is 0.160. The molecular formula is C31H34N2O. The number of para-hydroxylation sites is 1. The van der Waals surface area contributed by atoms with Crippen LogP contribution >= 0.6 is 0 Å². The van der Waals surface area contributed by atoms with E-state index in [4.69, 9.17) is 4.74 Å². The van der Waals surface area contributed by atoms with Gasteiger partial charge in [-0.3, -0.25) is 0 Å². The van der Waals surface area contributed by atoms with Gasteiger partial charge in [-0.05, 0) is 73.0 Å². The van der Waals surface area contributed by atoms with Crippen LogP contribution in [0.2, 0.25) is 0 Å². The van der Waals surface area contributed by atoms with Gasteiger partial charge in [0, 0.05) is 42.1 Å². The van der Waals surface area contributed by atoms with Gasteiger partial charge in [0.1, 0.15) is 5.75 Å². The molecule has 174 valence electrons. The Hall–Kier alpha value is -3.04. The van der Waals surface area contributed by atoms with Gasteiger partial charge in [0.25, 0.3) is 0 Å². The van der Waals surface area contributed by atoms with E-state index in [-0.39, 0.29) is 5.41 Å². The quantitative estimate of drug-likeness (QED) is 0.383. The Morgan fingerprint density at radius 3 is 2.65 bits per heavy atom. The highest BCUT2D eigenvalue weighted by Gasteiger charge is 2.48. The molecule has 0 saturated carbocycles. The molecule has 2 unspecified atom stereocenters. The first-order valence-electron chi connectivity index (χ1n) is 12.6. The van der Waals surface area contributed by atoms with Gasteiger partial charge in [0.05, 0.1) is 7.11 Å². The lowest BCUT2D eigenvalue weighted by molar-refractivity contribution is 0.0815. The van der Waals surface area contributed by atoms with E-state index in [1.54, 1.807) is 12.7 Å². The zero-order valence-electron chi connectivity index (χ0n) is 20.3. The van der Waals surface area contributed by atoms with E-state index in [0.717, 1.165) is 44.6 Å². The average Bonchev–Trinajstić information content (AvgIpc) is 3.17. The van der Waals surface area contributed by atoms with Crippen LogP contribution in [0.3, 0.4) is 0 Å². The summed E-state index contributed by atoms with van der Waals surface area (Å²) in [5.41, 5.74) is 7.52. The highest BCUT2D eigenvalue weighted by atomic mass is 16.5. The van der Waals surface area contributed by atoms with Gasteiger partial charge in [-0.2, -0.15) is 0 Å². The topological polar surface area (TPSA) is 17.4 Å². The Kier molecular flexibility index (Phi) is 5.45. The molecule has 0 N–H and O–H groups in total. The van der Waals surface area contributed by atoms with Crippen molar-refractivity contribution >= 4 is 10.9 Å². The summed E-state index contributed by atoms with van der Waals surface area (Å²) in [5, 5.41) is 1.45. The molecule has 0 amide bonds. The van der Waals surface area contributed by atoms with Crippen LogP contribution in [0.15, 0.2) is 78.9 Å². The summed E-state index contributed by atoms with van der Waals surface area (Å²) in [5.74, 6) is 1.57. The van der Waals surface area contributed by atoms with Crippen molar-refractivity contribution in [3.05, 3.63) is 101 Å². The molecule has 1 fully saturated rings. The first-order valence-corrected chi connectivity index (χ1v) is 12.6. The number of piperidine rings is 1. The van der Waals surface area contributed by atoms with Crippen LogP contribution in [-0.2, 0) is 31.7 Å². The number of ether oxygens (including phenoxy) is 1. The standard InChI is InChI=1S/C31H34N2O/c1-32-29-14-7-6-13-27(29)28-20-25-22-33(17-15-23-9-4-3-5-10-23)18-16-31(25,21-30(28)32)24-11-8-12-26(19-24)34-2/h3-14,19,25H,15-18,20-22H2,1-2H3. The lowest BCUT2D eigenvalue weighted by Gasteiger charge is -2.51. The summed E-state index contributed by atoms with van der Waals surface area (Å²) in [6.45, 7) is 3.45. The normalized spacial score (nSPS) is 22.4. The van der Waals surface area contributed by atoms with E-state index in [9.17, 15) is 0 Å². The highest BCUT2D eigenvalue weighted by molar-refractivity contribution is 5.86. The van der Waals surface area contributed by atoms with Gasteiger partial charge in [-0.25, -0.2) is 0 Å². The van der Waals surface area contributed by atoms with Crippen molar-refractivity contribution in [1.82, 2.24) is 9.47 Å². The number of hydrogen-bond donors (Lipinski definition) is 0. The number of rotatable bonds is 5. The number of aryl methyl sites for hydroxylation is 1. The van der Waals surface area contributed by atoms with Crippen LogP contribution in [0.4, 0.5) is 0 Å². The van der Waals surface area contributed by atoms with Crippen LogP contribution in [-0.4, -0.2) is 36.2 Å². The number of methoxy groups -OCH3 is 1. The van der Waals surface area contributed by atoms with Crippen molar-refractivity contribution < 1.29 is 4.74 Å². The molecule has 1 aromatic heterocycles. The Morgan fingerprint density at radius 1 is 0.971 bits per heavy atom. The molecule has 3 aromatic carbocycles. The van der Waals surface area contributed by atoms with Gasteiger partial charge in [-0.1, -0.05) is 60.7 Å². The van der Waals surface area contributed by atoms with Crippen molar-refractivity contribution in [2.45, 2.75) is 31.1 Å². The van der Waals surface area contributed by atoms with Crippen molar-refractivity contribution in [2.75, 3.05) is 26.7 Å². The molecule has 2 atom stereocenters. The Morgan fingerprint density at radius 2 is 1.79 bits per heavy atom. The zero-order valence-corrected chi connectivity index (χ0v) is 20.3. The first kappa shape index (κ1) is 21.5. The molecule has 1 aliphatic carbocycles. The van der Waals surface area contributed by atoms with E-state index in [0.29, 0.717) is 5.92 Å². The highest BCUT2D eigenvalue weighted by Crippen LogP contribution is 2.50. The van der Waals surface area contributed by atoms with Crippen LogP contribution in [0.25, 0.3) is 10.9 Å². The van der Waals surface area contributed by atoms with Gasteiger partial charge < -0.3 is 14.2 Å². The smallest absolute Gasteiger partial charge is 0.119 e. The number of fused-ring (bicyclic) bond motifs is 4. The fourth-order valence-electron chi connectivity index (χ4n) is 6.70. The second-order valence-corrected chi connectivity index (χ2v) is 10.3. The monoisotopic (exact) mass is 450 g/mol. The average molecular weight is 451 g/mol. The molecule has 2 heterocycles. The van der Waals surface area contributed by atoms with Crippen LogP contribution in [0.5, 0.6) is 5.75 Å². The summed E-state index contributed by atoms with van der Waals surface area (Å²) in [6, 6.07) is 28.8. The molecule has 6 rings (SSSR count). The minimum atomic E-state index is 0.160. The predicted octanol–water partition coefficient (Wildman–Crippen LogP) is 5.79. The van der Waals surface area contributed by atoms with E-state index < -0.39 is 0 Å². The van der Waals surface area contributed by atoms with Crippen LogP contribution in [0, 0.1) is 5.92 Å². The molecule has 1 aliphatic heterocycles. The predicted molar refractivity (Wildman–Crippen MR) is 140 cm³/mol. The third kappa shape index (κ3) is 3.54. The van der Waals surface area contributed by atoms with Crippen LogP contribution in [0.1, 0.15) is 28.8 Å². The van der Waals surface area contributed by atoms with Crippen molar-refractivity contribution in [1.29, 1.82) is 0 Å². The molecule has 3 heteroatoms. The second kappa shape index (κ2) is 8.63. The number of hydrogen-bond acceptors (Lipinski definition) is 2. The summed E-state index contributed by atoms with van der Waals surface area (Å²) in [4.78, 5) is 2.71. The molecule has 2 aliphatic rings. The number of benzene rings is 3. The molecule has 0 bridgehead atoms. The lowest BCUT2D eigenvalue weighted by atomic mass is 9.58. The molecule has 4 aromatic rings. The second-order valence-electron chi connectivity index (χ2n) is 10.3. The summed E-state index contributed by atoms with van der Waals surface area (Å²) in [6.07, 6.45) is 4.58. The molecular weight excluding hydrogens is 416 g/mol. The Balaban J connectivity index is 1.37. The van der Waals surface area contributed by atoms with Crippen LogP contribution < -0.4 is 4.74 Å². The number of likely N-dealkylation sites (tertiary alicyclic amines) is 1. The van der Waals surface area contributed by atoms with Crippen molar-refractivity contribution in [2.24, 2.45) is 13.0 Å². The summed E-state index contributed by atoms with van der Waals surface area (Å²) >= 11 is 0.